The molecule has 0 radical (unpaired) electrons. The van der Waals surface area contributed by atoms with Crippen LogP contribution < -0.4 is 0 Å². The summed E-state index contributed by atoms with van der Waals surface area (Å²) in [5.74, 6) is -0.0353. The highest BCUT2D eigenvalue weighted by molar-refractivity contribution is 6.33. The van der Waals surface area contributed by atoms with Gasteiger partial charge in [0.25, 0.3) is 5.91 Å². The number of amides is 1. The summed E-state index contributed by atoms with van der Waals surface area (Å²) in [6.07, 6.45) is 1.05. The molecule has 2 fully saturated rings. The van der Waals surface area contributed by atoms with Gasteiger partial charge in [0.2, 0.25) is 0 Å². The lowest BCUT2D eigenvalue weighted by atomic mass is 10.0. The van der Waals surface area contributed by atoms with E-state index in [0.29, 0.717) is 30.1 Å². The fourth-order valence-electron chi connectivity index (χ4n) is 3.66. The van der Waals surface area contributed by atoms with Gasteiger partial charge in [-0.3, -0.25) is 9.69 Å². The second kappa shape index (κ2) is 7.83. The van der Waals surface area contributed by atoms with E-state index in [4.69, 9.17) is 11.6 Å². The summed E-state index contributed by atoms with van der Waals surface area (Å²) in [6.45, 7) is 5.28. The average molecular weight is 352 g/mol. The van der Waals surface area contributed by atoms with Crippen LogP contribution in [0.1, 0.15) is 23.2 Å². The number of halogens is 1. The fourth-order valence-corrected chi connectivity index (χ4v) is 3.88. The Labute approximate surface area is 148 Å². The molecule has 2 heterocycles. The summed E-state index contributed by atoms with van der Waals surface area (Å²) in [4.78, 5) is 19.3. The van der Waals surface area contributed by atoms with E-state index in [1.165, 1.54) is 0 Å². The van der Waals surface area contributed by atoms with Crippen molar-refractivity contribution >= 4 is 17.5 Å². The summed E-state index contributed by atoms with van der Waals surface area (Å²) in [7, 11) is 2.13. The molecule has 1 aromatic rings. The van der Waals surface area contributed by atoms with Gasteiger partial charge in [0.05, 0.1) is 16.7 Å². The molecule has 5 nitrogen and oxygen atoms in total. The molecule has 2 atom stereocenters. The highest BCUT2D eigenvalue weighted by Crippen LogP contribution is 2.22. The van der Waals surface area contributed by atoms with Crippen LogP contribution in [0.3, 0.4) is 0 Å². The minimum absolute atomic E-state index is 0.0353. The molecule has 0 spiro atoms. The second-order valence-electron chi connectivity index (χ2n) is 6.82. The lowest BCUT2D eigenvalue weighted by Crippen LogP contribution is -2.52. The van der Waals surface area contributed by atoms with Gasteiger partial charge in [-0.05, 0) is 32.0 Å². The molecule has 1 N–H and O–H groups in total. The van der Waals surface area contributed by atoms with Crippen molar-refractivity contribution in [1.82, 2.24) is 14.7 Å². The molecule has 1 aromatic carbocycles. The van der Waals surface area contributed by atoms with E-state index in [-0.39, 0.29) is 18.1 Å². The number of hydrogen-bond acceptors (Lipinski definition) is 4. The smallest absolute Gasteiger partial charge is 0.255 e. The van der Waals surface area contributed by atoms with E-state index in [1.807, 2.05) is 17.0 Å². The number of nitrogens with zero attached hydrogens (tertiary/aromatic N) is 3. The minimum atomic E-state index is -0.377. The molecular weight excluding hydrogens is 326 g/mol. The van der Waals surface area contributed by atoms with Gasteiger partial charge in [-0.15, -0.1) is 0 Å². The largest absolute Gasteiger partial charge is 0.391 e. The SMILES string of the molecule is CN1CCN([C@H]2CCN(C(=O)c3ccccc3Cl)CC[C@@H]2O)CC1. The number of piperazine rings is 1. The zero-order valence-electron chi connectivity index (χ0n) is 14.2. The Kier molecular flexibility index (Phi) is 5.76. The Morgan fingerprint density at radius 2 is 1.75 bits per heavy atom. The Morgan fingerprint density at radius 3 is 2.46 bits per heavy atom. The third-order valence-electron chi connectivity index (χ3n) is 5.23. The van der Waals surface area contributed by atoms with E-state index in [9.17, 15) is 9.90 Å². The summed E-state index contributed by atoms with van der Waals surface area (Å²) in [5, 5.41) is 11.1. The molecule has 2 aliphatic heterocycles. The Bertz CT molecular complexity index is 575. The van der Waals surface area contributed by atoms with Gasteiger partial charge in [0.15, 0.2) is 0 Å². The molecule has 2 saturated heterocycles. The molecule has 0 bridgehead atoms. The van der Waals surface area contributed by atoms with Crippen molar-refractivity contribution in [2.45, 2.75) is 25.0 Å². The first-order valence-electron chi connectivity index (χ1n) is 8.70. The summed E-state index contributed by atoms with van der Waals surface area (Å²) >= 11 is 6.16. The number of rotatable bonds is 2. The average Bonchev–Trinajstić information content (AvgIpc) is 2.77. The van der Waals surface area contributed by atoms with Crippen LogP contribution in [0.5, 0.6) is 0 Å². The molecule has 1 amide bonds. The normalized spacial score (nSPS) is 27.0. The molecule has 0 saturated carbocycles. The molecular formula is C18H26ClN3O2. The van der Waals surface area contributed by atoms with Gasteiger partial charge in [-0.1, -0.05) is 23.7 Å². The van der Waals surface area contributed by atoms with Crippen LogP contribution in [0.15, 0.2) is 24.3 Å². The number of aliphatic hydroxyl groups excluding tert-OH is 1. The third kappa shape index (κ3) is 3.91. The number of carbonyl (C=O) groups is 1. The monoisotopic (exact) mass is 351 g/mol. The van der Waals surface area contributed by atoms with E-state index >= 15 is 0 Å². The predicted octanol–water partition coefficient (Wildman–Crippen LogP) is 1.55. The zero-order chi connectivity index (χ0) is 17.1. The molecule has 6 heteroatoms. The molecule has 0 aliphatic carbocycles. The first-order chi connectivity index (χ1) is 11.6. The van der Waals surface area contributed by atoms with Crippen molar-refractivity contribution in [3.05, 3.63) is 34.9 Å². The van der Waals surface area contributed by atoms with Gasteiger partial charge < -0.3 is 14.9 Å². The zero-order valence-corrected chi connectivity index (χ0v) is 15.0. The molecule has 0 aromatic heterocycles. The Hall–Kier alpha value is -1.14. The van der Waals surface area contributed by atoms with Crippen molar-refractivity contribution in [1.29, 1.82) is 0 Å². The maximum Gasteiger partial charge on any atom is 0.255 e. The van der Waals surface area contributed by atoms with Crippen LogP contribution in [0.2, 0.25) is 5.02 Å². The van der Waals surface area contributed by atoms with E-state index in [0.717, 1.165) is 32.6 Å². The van der Waals surface area contributed by atoms with Crippen LogP contribution in [-0.2, 0) is 0 Å². The minimum Gasteiger partial charge on any atom is -0.391 e. The van der Waals surface area contributed by atoms with E-state index in [1.54, 1.807) is 12.1 Å². The van der Waals surface area contributed by atoms with Crippen molar-refractivity contribution in [2.24, 2.45) is 0 Å². The van der Waals surface area contributed by atoms with Crippen molar-refractivity contribution in [2.75, 3.05) is 46.3 Å². The number of benzene rings is 1. The summed E-state index contributed by atoms with van der Waals surface area (Å²) in [6, 6.07) is 7.31. The van der Waals surface area contributed by atoms with Crippen molar-refractivity contribution < 1.29 is 9.90 Å². The van der Waals surface area contributed by atoms with Crippen LogP contribution >= 0.6 is 11.6 Å². The van der Waals surface area contributed by atoms with Gasteiger partial charge in [-0.25, -0.2) is 0 Å². The Morgan fingerprint density at radius 1 is 1.08 bits per heavy atom. The van der Waals surface area contributed by atoms with Crippen LogP contribution in [0.25, 0.3) is 0 Å². The first-order valence-corrected chi connectivity index (χ1v) is 9.08. The second-order valence-corrected chi connectivity index (χ2v) is 7.23. The molecule has 24 heavy (non-hydrogen) atoms. The Balaban J connectivity index is 1.66. The maximum absolute atomic E-state index is 12.7. The van der Waals surface area contributed by atoms with Gasteiger partial charge in [0, 0.05) is 45.3 Å². The quantitative estimate of drug-likeness (QED) is 0.878. The number of aliphatic hydroxyl groups is 1. The highest BCUT2D eigenvalue weighted by atomic mass is 35.5. The van der Waals surface area contributed by atoms with Gasteiger partial charge in [0.1, 0.15) is 0 Å². The van der Waals surface area contributed by atoms with Crippen molar-refractivity contribution in [3.63, 3.8) is 0 Å². The molecule has 0 unspecified atom stereocenters. The lowest BCUT2D eigenvalue weighted by Gasteiger charge is -2.39. The first kappa shape index (κ1) is 17.7. The predicted molar refractivity (Wildman–Crippen MR) is 95.5 cm³/mol. The van der Waals surface area contributed by atoms with E-state index < -0.39 is 0 Å². The van der Waals surface area contributed by atoms with Gasteiger partial charge >= 0.3 is 0 Å². The summed E-state index contributed by atoms with van der Waals surface area (Å²) in [5.41, 5.74) is 0.548. The molecule has 3 rings (SSSR count). The van der Waals surface area contributed by atoms with Crippen LogP contribution in [0, 0.1) is 0 Å². The number of likely N-dealkylation sites (tertiary alicyclic amines) is 1. The molecule has 2 aliphatic rings. The van der Waals surface area contributed by atoms with E-state index in [2.05, 4.69) is 16.8 Å². The maximum atomic E-state index is 12.7. The number of hydrogen-bond donors (Lipinski definition) is 1. The number of likely N-dealkylation sites (N-methyl/N-ethyl adjacent to an activating group) is 1. The third-order valence-corrected chi connectivity index (χ3v) is 5.56. The topological polar surface area (TPSA) is 47.0 Å². The van der Waals surface area contributed by atoms with Gasteiger partial charge in [-0.2, -0.15) is 0 Å². The van der Waals surface area contributed by atoms with Crippen molar-refractivity contribution in [3.8, 4) is 0 Å². The molecule has 132 valence electrons. The summed E-state index contributed by atoms with van der Waals surface area (Å²) < 4.78 is 0. The lowest BCUT2D eigenvalue weighted by molar-refractivity contribution is 0.0224. The standard InChI is InChI=1S/C18H26ClN3O2/c1-20-10-12-21(13-11-20)16-6-8-22(9-7-17(16)23)18(24)14-4-2-3-5-15(14)19/h2-5,16-17,23H,6-13H2,1H3/t16-,17-/m0/s1. The van der Waals surface area contributed by atoms with Crippen LogP contribution in [0.4, 0.5) is 0 Å². The van der Waals surface area contributed by atoms with Crippen LogP contribution in [-0.4, -0.2) is 84.2 Å². The fraction of sp³-hybridized carbons (Fsp3) is 0.611. The number of carbonyl (C=O) groups excluding carboxylic acids is 1. The highest BCUT2D eigenvalue weighted by Gasteiger charge is 2.32.